The molecule has 0 unspecified atom stereocenters. The van der Waals surface area contributed by atoms with Gasteiger partial charge in [-0.25, -0.2) is 10.5 Å². The van der Waals surface area contributed by atoms with Gasteiger partial charge in [0.1, 0.15) is 11.5 Å². The van der Waals surface area contributed by atoms with Crippen LogP contribution in [0.4, 0.5) is 0 Å². The topological polar surface area (TPSA) is 82.2 Å². The first-order valence-electron chi connectivity index (χ1n) is 9.16. The number of rotatable bonds is 5. The van der Waals surface area contributed by atoms with Crippen molar-refractivity contribution in [2.45, 2.75) is 6.92 Å². The van der Waals surface area contributed by atoms with Gasteiger partial charge in [-0.3, -0.25) is 10.2 Å². The molecule has 4 aromatic rings. The summed E-state index contributed by atoms with van der Waals surface area (Å²) < 4.78 is 7.62. The zero-order valence-electron chi connectivity index (χ0n) is 15.9. The molecule has 3 aromatic carbocycles. The van der Waals surface area contributed by atoms with E-state index < -0.39 is 5.91 Å². The number of ether oxygens (including phenoxy) is 1. The van der Waals surface area contributed by atoms with Crippen LogP contribution in [-0.4, -0.2) is 15.7 Å². The number of carbonyl (C=O) groups excluding carboxylic acids is 1. The summed E-state index contributed by atoms with van der Waals surface area (Å²) in [4.78, 5) is 12.1. The van der Waals surface area contributed by atoms with Crippen LogP contribution in [0.15, 0.2) is 84.9 Å². The molecule has 0 radical (unpaired) electrons. The quantitative estimate of drug-likeness (QED) is 0.306. The minimum atomic E-state index is -0.442. The Kier molecular flexibility index (Phi) is 5.09. The summed E-state index contributed by atoms with van der Waals surface area (Å²) >= 11 is 0. The fourth-order valence-corrected chi connectivity index (χ4v) is 3.07. The number of hydrogen-bond donors (Lipinski definition) is 2. The molecule has 1 amide bonds. The molecule has 4 rings (SSSR count). The highest BCUT2D eigenvalue weighted by atomic mass is 16.5. The van der Waals surface area contributed by atoms with Crippen LogP contribution < -0.4 is 16.0 Å². The summed E-state index contributed by atoms with van der Waals surface area (Å²) in [7, 11) is 0. The number of benzene rings is 3. The molecule has 144 valence electrons. The van der Waals surface area contributed by atoms with Gasteiger partial charge in [0.05, 0.1) is 11.4 Å². The first kappa shape index (κ1) is 18.5. The summed E-state index contributed by atoms with van der Waals surface area (Å²) in [5.41, 5.74) is 6.00. The number of hydrazine groups is 1. The Labute approximate surface area is 168 Å². The Morgan fingerprint density at radius 3 is 2.28 bits per heavy atom. The fourth-order valence-electron chi connectivity index (χ4n) is 3.07. The van der Waals surface area contributed by atoms with Crippen molar-refractivity contribution in [3.63, 3.8) is 0 Å². The molecule has 29 heavy (non-hydrogen) atoms. The Bertz CT molecular complexity index is 1140. The van der Waals surface area contributed by atoms with Crippen molar-refractivity contribution < 1.29 is 9.53 Å². The van der Waals surface area contributed by atoms with Crippen LogP contribution in [0, 0.1) is 6.92 Å². The van der Waals surface area contributed by atoms with Crippen LogP contribution in [0.25, 0.3) is 16.9 Å². The van der Waals surface area contributed by atoms with Crippen LogP contribution in [0.2, 0.25) is 0 Å². The molecule has 6 nitrogen and oxygen atoms in total. The van der Waals surface area contributed by atoms with Crippen LogP contribution in [-0.2, 0) is 0 Å². The maximum Gasteiger partial charge on any atom is 0.285 e. The summed E-state index contributed by atoms with van der Waals surface area (Å²) in [5, 5.41) is 4.47. The Morgan fingerprint density at radius 1 is 0.931 bits per heavy atom. The van der Waals surface area contributed by atoms with Gasteiger partial charge in [-0.2, -0.15) is 5.10 Å². The van der Waals surface area contributed by atoms with Crippen LogP contribution in [0.1, 0.15) is 16.1 Å². The number of nitrogens with one attached hydrogen (secondary N) is 1. The molecular formula is C23H20N4O2. The first-order valence-corrected chi connectivity index (χ1v) is 9.16. The van der Waals surface area contributed by atoms with Crippen LogP contribution in [0.3, 0.4) is 0 Å². The van der Waals surface area contributed by atoms with Crippen LogP contribution in [0.5, 0.6) is 11.5 Å². The van der Waals surface area contributed by atoms with Gasteiger partial charge in [0.15, 0.2) is 5.69 Å². The highest BCUT2D eigenvalue weighted by Gasteiger charge is 2.17. The second-order valence-electron chi connectivity index (χ2n) is 6.53. The minimum Gasteiger partial charge on any atom is -0.457 e. The van der Waals surface area contributed by atoms with E-state index in [1.54, 1.807) is 10.7 Å². The number of nitrogens with zero attached hydrogens (tertiary/aromatic N) is 2. The van der Waals surface area contributed by atoms with Crippen molar-refractivity contribution in [3.05, 3.63) is 96.2 Å². The lowest BCUT2D eigenvalue weighted by atomic mass is 10.1. The van der Waals surface area contributed by atoms with Gasteiger partial charge in [-0.15, -0.1) is 0 Å². The van der Waals surface area contributed by atoms with E-state index in [-0.39, 0.29) is 5.69 Å². The number of hydrogen-bond acceptors (Lipinski definition) is 4. The molecule has 0 saturated heterocycles. The largest absolute Gasteiger partial charge is 0.457 e. The maximum atomic E-state index is 12.1. The van der Waals surface area contributed by atoms with Gasteiger partial charge in [-0.1, -0.05) is 36.4 Å². The van der Waals surface area contributed by atoms with E-state index >= 15 is 0 Å². The van der Waals surface area contributed by atoms with Gasteiger partial charge in [-0.05, 0) is 61.0 Å². The van der Waals surface area contributed by atoms with E-state index in [2.05, 4.69) is 10.5 Å². The lowest BCUT2D eigenvalue weighted by Crippen LogP contribution is -2.30. The number of carbonyl (C=O) groups is 1. The molecule has 0 atom stereocenters. The third-order valence-corrected chi connectivity index (χ3v) is 4.55. The third-order valence-electron chi connectivity index (χ3n) is 4.55. The van der Waals surface area contributed by atoms with Crippen molar-refractivity contribution in [1.29, 1.82) is 0 Å². The summed E-state index contributed by atoms with van der Waals surface area (Å²) in [5.74, 6) is 6.35. The highest BCUT2D eigenvalue weighted by molar-refractivity contribution is 5.93. The monoisotopic (exact) mass is 384 g/mol. The summed E-state index contributed by atoms with van der Waals surface area (Å²) in [6.07, 6.45) is 0. The minimum absolute atomic E-state index is 0.246. The number of nitrogens with two attached hydrogens (primary N) is 1. The van der Waals surface area contributed by atoms with E-state index in [1.165, 1.54) is 0 Å². The molecule has 0 spiro atoms. The summed E-state index contributed by atoms with van der Waals surface area (Å²) in [6, 6.07) is 26.8. The van der Waals surface area contributed by atoms with Gasteiger partial charge >= 0.3 is 0 Å². The Morgan fingerprint density at radius 2 is 1.59 bits per heavy atom. The van der Waals surface area contributed by atoms with Gasteiger partial charge in [0.25, 0.3) is 5.91 Å². The number of amides is 1. The maximum absolute atomic E-state index is 12.1. The van der Waals surface area contributed by atoms with Gasteiger partial charge < -0.3 is 4.74 Å². The molecule has 0 aliphatic rings. The molecular weight excluding hydrogens is 364 g/mol. The molecule has 0 bridgehead atoms. The Hall–Kier alpha value is -3.90. The van der Waals surface area contributed by atoms with Crippen molar-refractivity contribution in [3.8, 4) is 28.4 Å². The lowest BCUT2D eigenvalue weighted by Gasteiger charge is -2.11. The fraction of sp³-hybridized carbons (Fsp3) is 0.0435. The lowest BCUT2D eigenvalue weighted by molar-refractivity contribution is 0.0948. The number of nitrogen functional groups attached to an aromatic ring is 1. The average molecular weight is 384 g/mol. The predicted molar refractivity (Wildman–Crippen MR) is 112 cm³/mol. The van der Waals surface area contributed by atoms with E-state index in [9.17, 15) is 4.79 Å². The molecule has 0 aliphatic heterocycles. The van der Waals surface area contributed by atoms with Gasteiger partial charge in [0, 0.05) is 5.56 Å². The summed E-state index contributed by atoms with van der Waals surface area (Å²) in [6.45, 7) is 2.00. The van der Waals surface area contributed by atoms with Gasteiger partial charge in [0.2, 0.25) is 0 Å². The third kappa shape index (κ3) is 3.88. The highest BCUT2D eigenvalue weighted by Crippen LogP contribution is 2.29. The SMILES string of the molecule is Cc1ccccc1-n1nc(C(=O)NN)cc1-c1ccc(Oc2ccccc2)cc1. The first-order chi connectivity index (χ1) is 14.2. The second kappa shape index (κ2) is 8.00. The van der Waals surface area contributed by atoms with Crippen molar-refractivity contribution in [2.24, 2.45) is 5.84 Å². The van der Waals surface area contributed by atoms with E-state index in [0.717, 1.165) is 34.0 Å². The number of aryl methyl sites for hydroxylation is 1. The molecule has 3 N–H and O–H groups in total. The molecule has 1 aromatic heterocycles. The average Bonchev–Trinajstić information content (AvgIpc) is 3.20. The Balaban J connectivity index is 1.73. The normalized spacial score (nSPS) is 10.6. The van der Waals surface area contributed by atoms with E-state index in [4.69, 9.17) is 10.6 Å². The van der Waals surface area contributed by atoms with Crippen LogP contribution >= 0.6 is 0 Å². The molecule has 1 heterocycles. The standard InChI is InChI=1S/C23H20N4O2/c1-16-7-5-6-10-21(16)27-22(15-20(26-27)23(28)25-24)17-11-13-19(14-12-17)29-18-8-3-2-4-9-18/h2-15H,24H2,1H3,(H,25,28). The smallest absolute Gasteiger partial charge is 0.285 e. The van der Waals surface area contributed by atoms with Crippen molar-refractivity contribution in [2.75, 3.05) is 0 Å². The molecule has 0 fully saturated rings. The zero-order valence-corrected chi connectivity index (χ0v) is 15.9. The molecule has 0 saturated carbocycles. The number of para-hydroxylation sites is 2. The predicted octanol–water partition coefficient (Wildman–Crippen LogP) is 4.24. The van der Waals surface area contributed by atoms with E-state index in [0.29, 0.717) is 0 Å². The van der Waals surface area contributed by atoms with E-state index in [1.807, 2.05) is 85.8 Å². The molecule has 6 heteroatoms. The van der Waals surface area contributed by atoms with Crippen molar-refractivity contribution in [1.82, 2.24) is 15.2 Å². The second-order valence-corrected chi connectivity index (χ2v) is 6.53. The zero-order chi connectivity index (χ0) is 20.2. The molecule has 0 aliphatic carbocycles. The number of aromatic nitrogens is 2. The van der Waals surface area contributed by atoms with Crippen molar-refractivity contribution >= 4 is 5.91 Å².